The fraction of sp³-hybridized carbons (Fsp3) is 0.500. The largest absolute Gasteiger partial charge is 0.249 e. The normalized spacial score (nSPS) is 16.4. The number of aromatic amines is 1. The van der Waals surface area contributed by atoms with Crippen LogP contribution in [0.25, 0.3) is 0 Å². The maximum absolute atomic E-state index is 4.29. The van der Waals surface area contributed by atoms with Crippen molar-refractivity contribution in [1.82, 2.24) is 4.98 Å². The minimum atomic E-state index is 1.16. The molecule has 0 bridgehead atoms. The third-order valence-corrected chi connectivity index (χ3v) is 2.00. The summed E-state index contributed by atoms with van der Waals surface area (Å²) in [4.78, 5) is 7.51. The van der Waals surface area contributed by atoms with E-state index in [1.54, 1.807) is 0 Å². The zero-order valence-corrected chi connectivity index (χ0v) is 5.93. The minimum absolute atomic E-state index is 1.16. The lowest BCUT2D eigenvalue weighted by atomic mass is 10.0. The van der Waals surface area contributed by atoms with Gasteiger partial charge in [0.25, 0.3) is 0 Å². The summed E-state index contributed by atoms with van der Waals surface area (Å²) in [6, 6.07) is 0. The molecule has 2 rings (SSSR count). The molecule has 1 aromatic rings. The molecule has 0 unspecified atom stereocenters. The third-order valence-electron chi connectivity index (χ3n) is 2.00. The van der Waals surface area contributed by atoms with Crippen LogP contribution >= 0.6 is 0 Å². The Labute approximate surface area is 60.3 Å². The predicted octanol–water partition coefficient (Wildman–Crippen LogP) is 0.774. The van der Waals surface area contributed by atoms with Crippen LogP contribution in [0.15, 0.2) is 12.4 Å². The molecule has 0 amide bonds. The van der Waals surface area contributed by atoms with Crippen LogP contribution < -0.4 is 4.98 Å². The van der Waals surface area contributed by atoms with Gasteiger partial charge >= 0.3 is 0 Å². The van der Waals surface area contributed by atoms with Crippen LogP contribution in [0, 0.1) is 0 Å². The highest BCUT2D eigenvalue weighted by Gasteiger charge is 2.14. The molecule has 2 nitrogen and oxygen atoms in total. The van der Waals surface area contributed by atoms with Gasteiger partial charge in [0, 0.05) is 6.42 Å². The van der Waals surface area contributed by atoms with Gasteiger partial charge in [-0.2, -0.15) is 0 Å². The summed E-state index contributed by atoms with van der Waals surface area (Å²) in [6.45, 7) is 0. The van der Waals surface area contributed by atoms with Crippen molar-refractivity contribution in [2.75, 3.05) is 0 Å². The van der Waals surface area contributed by atoms with Crippen LogP contribution in [0.2, 0.25) is 0 Å². The van der Waals surface area contributed by atoms with E-state index in [4.69, 9.17) is 0 Å². The number of fused-ring (bicyclic) bond motifs is 1. The second-order valence-corrected chi connectivity index (χ2v) is 2.72. The van der Waals surface area contributed by atoms with Gasteiger partial charge in [-0.15, -0.1) is 0 Å². The van der Waals surface area contributed by atoms with Crippen LogP contribution in [0.5, 0.6) is 0 Å². The van der Waals surface area contributed by atoms with E-state index in [2.05, 4.69) is 9.97 Å². The minimum Gasteiger partial charge on any atom is -0.249 e. The summed E-state index contributed by atoms with van der Waals surface area (Å²) < 4.78 is 0. The van der Waals surface area contributed by atoms with E-state index in [0.29, 0.717) is 0 Å². The Morgan fingerprint density at radius 1 is 1.30 bits per heavy atom. The van der Waals surface area contributed by atoms with Crippen molar-refractivity contribution in [3.63, 3.8) is 0 Å². The van der Waals surface area contributed by atoms with Crippen LogP contribution in [-0.4, -0.2) is 4.98 Å². The highest BCUT2D eigenvalue weighted by atomic mass is 14.8. The number of hydrogen-bond acceptors (Lipinski definition) is 1. The van der Waals surface area contributed by atoms with E-state index in [0.717, 1.165) is 6.42 Å². The maximum atomic E-state index is 4.29. The summed E-state index contributed by atoms with van der Waals surface area (Å²) in [6.07, 6.45) is 8.71. The second-order valence-electron chi connectivity index (χ2n) is 2.72. The first-order valence-electron chi connectivity index (χ1n) is 3.81. The molecule has 0 saturated carbocycles. The Hall–Kier alpha value is -0.920. The van der Waals surface area contributed by atoms with Crippen LogP contribution in [0.1, 0.15) is 24.2 Å². The van der Waals surface area contributed by atoms with Gasteiger partial charge in [-0.25, -0.2) is 9.97 Å². The first kappa shape index (κ1) is 5.83. The molecule has 1 aromatic heterocycles. The summed E-state index contributed by atoms with van der Waals surface area (Å²) in [7, 11) is 0. The fourth-order valence-electron chi connectivity index (χ4n) is 1.45. The van der Waals surface area contributed by atoms with Crippen molar-refractivity contribution in [3.8, 4) is 0 Å². The Bertz CT molecular complexity index is 207. The van der Waals surface area contributed by atoms with E-state index >= 15 is 0 Å². The van der Waals surface area contributed by atoms with Gasteiger partial charge in [0.05, 0.1) is 6.20 Å². The molecule has 0 spiro atoms. The van der Waals surface area contributed by atoms with Crippen LogP contribution in [0.4, 0.5) is 0 Å². The quantitative estimate of drug-likeness (QED) is 0.516. The zero-order valence-electron chi connectivity index (χ0n) is 5.93. The van der Waals surface area contributed by atoms with Gasteiger partial charge in [0.15, 0.2) is 6.20 Å². The molecule has 0 radical (unpaired) electrons. The average molecular weight is 135 g/mol. The molecule has 0 atom stereocenters. The van der Waals surface area contributed by atoms with Crippen LogP contribution in [0.3, 0.4) is 0 Å². The molecule has 52 valence electrons. The first-order chi connectivity index (χ1) is 4.97. The second kappa shape index (κ2) is 2.37. The van der Waals surface area contributed by atoms with E-state index < -0.39 is 0 Å². The van der Waals surface area contributed by atoms with Crippen molar-refractivity contribution >= 4 is 0 Å². The molecule has 10 heavy (non-hydrogen) atoms. The number of rotatable bonds is 0. The molecule has 0 aromatic carbocycles. The number of hydrogen-bond donors (Lipinski definition) is 0. The fourth-order valence-corrected chi connectivity index (χ4v) is 1.45. The van der Waals surface area contributed by atoms with Gasteiger partial charge in [-0.05, 0) is 19.3 Å². The number of H-pyrrole nitrogens is 1. The smallest absolute Gasteiger partial charge is 0.201 e. The Morgan fingerprint density at radius 2 is 2.20 bits per heavy atom. The summed E-state index contributed by atoms with van der Waals surface area (Å²) in [5.41, 5.74) is 2.61. The number of aromatic nitrogens is 2. The third kappa shape index (κ3) is 0.897. The van der Waals surface area contributed by atoms with Crippen LogP contribution in [-0.2, 0) is 12.8 Å². The lowest BCUT2D eigenvalue weighted by Gasteiger charge is -2.06. The highest BCUT2D eigenvalue weighted by molar-refractivity contribution is 5.08. The van der Waals surface area contributed by atoms with Crippen molar-refractivity contribution in [1.29, 1.82) is 0 Å². The maximum Gasteiger partial charge on any atom is 0.201 e. The zero-order chi connectivity index (χ0) is 6.81. The highest BCUT2D eigenvalue weighted by Crippen LogP contribution is 2.13. The van der Waals surface area contributed by atoms with Crippen molar-refractivity contribution < 1.29 is 4.98 Å². The number of aryl methyl sites for hydroxylation is 2. The van der Waals surface area contributed by atoms with Gasteiger partial charge in [-0.3, -0.25) is 0 Å². The van der Waals surface area contributed by atoms with Crippen molar-refractivity contribution in [2.45, 2.75) is 25.7 Å². The molecule has 1 aliphatic carbocycles. The molecule has 0 fully saturated rings. The molecule has 1 aliphatic rings. The molecule has 1 heterocycles. The number of nitrogens with zero attached hydrogens (tertiary/aromatic N) is 1. The molecule has 1 N–H and O–H groups in total. The molecule has 0 aliphatic heterocycles. The van der Waals surface area contributed by atoms with Crippen molar-refractivity contribution in [2.24, 2.45) is 0 Å². The first-order valence-corrected chi connectivity index (χ1v) is 3.81. The molecular weight excluding hydrogens is 124 g/mol. The van der Waals surface area contributed by atoms with E-state index in [1.165, 1.54) is 30.7 Å². The molecular formula is C8H11N2+. The summed E-state index contributed by atoms with van der Waals surface area (Å²) in [5.74, 6) is 0. The topological polar surface area (TPSA) is 27.0 Å². The monoisotopic (exact) mass is 135 g/mol. The Balaban J connectivity index is 2.41. The van der Waals surface area contributed by atoms with Gasteiger partial charge < -0.3 is 0 Å². The predicted molar refractivity (Wildman–Crippen MR) is 37.4 cm³/mol. The van der Waals surface area contributed by atoms with Gasteiger partial charge in [0.2, 0.25) is 5.69 Å². The standard InChI is InChI=1S/C8H10N2/c1-2-4-8-7(3-1)9-5-6-10-8/h5-6H,1-4H2/p+1. The van der Waals surface area contributed by atoms with E-state index in [1.807, 2.05) is 12.4 Å². The SMILES string of the molecule is c1c[nH+]c2c(n1)CCCC2. The molecule has 0 saturated heterocycles. The van der Waals surface area contributed by atoms with E-state index in [9.17, 15) is 0 Å². The van der Waals surface area contributed by atoms with E-state index in [-0.39, 0.29) is 0 Å². The molecule has 2 heteroatoms. The summed E-state index contributed by atoms with van der Waals surface area (Å²) >= 11 is 0. The lowest BCUT2D eigenvalue weighted by molar-refractivity contribution is -0.392. The van der Waals surface area contributed by atoms with Gasteiger partial charge in [0.1, 0.15) is 5.69 Å². The van der Waals surface area contributed by atoms with Gasteiger partial charge in [-0.1, -0.05) is 0 Å². The number of nitrogens with one attached hydrogen (secondary N) is 1. The van der Waals surface area contributed by atoms with Crippen molar-refractivity contribution in [3.05, 3.63) is 23.8 Å². The summed E-state index contributed by atoms with van der Waals surface area (Å²) in [5, 5.41) is 0. The lowest BCUT2D eigenvalue weighted by Crippen LogP contribution is -2.18. The Morgan fingerprint density at radius 3 is 3.10 bits per heavy atom. The Kier molecular flexibility index (Phi) is 1.38. The average Bonchev–Trinajstić information content (AvgIpc) is 2.05.